The molecule has 1 amide bonds. The summed E-state index contributed by atoms with van der Waals surface area (Å²) in [5.41, 5.74) is 3.39. The maximum Gasteiger partial charge on any atom is 0.223 e. The fourth-order valence-corrected chi connectivity index (χ4v) is 3.77. The van der Waals surface area contributed by atoms with Gasteiger partial charge in [-0.15, -0.1) is 24.0 Å². The van der Waals surface area contributed by atoms with Crippen molar-refractivity contribution in [3.8, 4) is 11.5 Å². The van der Waals surface area contributed by atoms with Crippen molar-refractivity contribution in [1.82, 2.24) is 10.2 Å². The molecular weight excluding hydrogens is 519 g/mol. The number of anilines is 1. The Hall–Kier alpha value is -2.49. The molecule has 172 valence electrons. The number of hydrogen-bond acceptors (Lipinski definition) is 4. The van der Waals surface area contributed by atoms with Crippen LogP contribution in [0.3, 0.4) is 0 Å². The normalized spacial score (nSPS) is 14.8. The Morgan fingerprint density at radius 3 is 2.50 bits per heavy atom. The molecule has 0 spiro atoms. The molecule has 32 heavy (non-hydrogen) atoms. The summed E-state index contributed by atoms with van der Waals surface area (Å²) in [4.78, 5) is 19.1. The number of amides is 1. The Bertz CT molecular complexity index is 926. The zero-order valence-corrected chi connectivity index (χ0v) is 20.8. The van der Waals surface area contributed by atoms with Crippen LogP contribution in [0.15, 0.2) is 47.5 Å². The number of guanidine groups is 1. The number of nitrogens with one attached hydrogen (secondary N) is 2. The van der Waals surface area contributed by atoms with Gasteiger partial charge in [-0.1, -0.05) is 24.3 Å². The summed E-state index contributed by atoms with van der Waals surface area (Å²) in [7, 11) is 0. The molecule has 8 heteroatoms. The molecular formula is C24H31IN4O3. The first-order valence-corrected chi connectivity index (χ1v) is 11.0. The highest BCUT2D eigenvalue weighted by molar-refractivity contribution is 14.0. The molecule has 0 atom stereocenters. The predicted molar refractivity (Wildman–Crippen MR) is 137 cm³/mol. The monoisotopic (exact) mass is 550 g/mol. The highest BCUT2D eigenvalue weighted by atomic mass is 127. The van der Waals surface area contributed by atoms with Crippen LogP contribution >= 0.6 is 24.0 Å². The Kier molecular flexibility index (Phi) is 9.01. The minimum Gasteiger partial charge on any atom is -0.490 e. The van der Waals surface area contributed by atoms with E-state index in [-0.39, 0.29) is 29.9 Å². The molecule has 4 rings (SSSR count). The van der Waals surface area contributed by atoms with Crippen LogP contribution in [0.5, 0.6) is 11.5 Å². The van der Waals surface area contributed by atoms with E-state index in [2.05, 4.69) is 27.8 Å². The lowest BCUT2D eigenvalue weighted by Crippen LogP contribution is -2.31. The van der Waals surface area contributed by atoms with Gasteiger partial charge in [0.2, 0.25) is 5.91 Å². The van der Waals surface area contributed by atoms with E-state index in [4.69, 9.17) is 9.47 Å². The molecule has 0 fully saturated rings. The summed E-state index contributed by atoms with van der Waals surface area (Å²) in [6, 6.07) is 14.1. The number of fused-ring (bicyclic) bond motifs is 2. The van der Waals surface area contributed by atoms with Gasteiger partial charge in [0.15, 0.2) is 17.5 Å². The highest BCUT2D eigenvalue weighted by Crippen LogP contribution is 2.32. The minimum absolute atomic E-state index is 0. The number of nitrogens with zero attached hydrogens (tertiary/aromatic N) is 2. The predicted octanol–water partition coefficient (Wildman–Crippen LogP) is 4.17. The molecule has 0 unspecified atom stereocenters. The molecule has 0 bridgehead atoms. The van der Waals surface area contributed by atoms with Crippen LogP contribution in [0.25, 0.3) is 0 Å². The maximum atomic E-state index is 12.6. The Balaban J connectivity index is 0.00000289. The fourth-order valence-electron chi connectivity index (χ4n) is 3.77. The fraction of sp³-hybridized carbons (Fsp3) is 0.417. The van der Waals surface area contributed by atoms with Gasteiger partial charge in [-0.3, -0.25) is 9.79 Å². The van der Waals surface area contributed by atoms with Crippen molar-refractivity contribution in [3.63, 3.8) is 0 Å². The third-order valence-corrected chi connectivity index (χ3v) is 5.37. The number of carbonyl (C=O) groups is 1. The molecule has 2 aromatic carbocycles. The number of rotatable bonds is 6. The highest BCUT2D eigenvalue weighted by Gasteiger charge is 2.22. The molecule has 2 heterocycles. The van der Waals surface area contributed by atoms with Gasteiger partial charge >= 0.3 is 0 Å². The molecule has 2 N–H and O–H groups in total. The molecule has 0 radical (unpaired) electrons. The van der Waals surface area contributed by atoms with Gasteiger partial charge in [-0.2, -0.15) is 0 Å². The van der Waals surface area contributed by atoms with Crippen molar-refractivity contribution in [3.05, 3.63) is 53.6 Å². The first kappa shape index (κ1) is 24.2. The molecule has 0 saturated carbocycles. The lowest BCUT2D eigenvalue weighted by Gasteiger charge is -2.15. The standard InChI is InChI=1S/C24H30N4O3.HI/c1-2-25-24(27-20-10-11-21-22(15-20)31-14-6-13-30-21)26-12-5-9-23(29)28-16-18-7-3-4-8-19(18)17-28;/h3-4,7-8,10-11,15H,2,5-6,9,12-14,16-17H2,1H3,(H2,25,26,27);1H. The topological polar surface area (TPSA) is 75.2 Å². The van der Waals surface area contributed by atoms with E-state index < -0.39 is 0 Å². The zero-order chi connectivity index (χ0) is 21.5. The summed E-state index contributed by atoms with van der Waals surface area (Å²) >= 11 is 0. The number of benzene rings is 2. The van der Waals surface area contributed by atoms with Crippen molar-refractivity contribution in [1.29, 1.82) is 0 Å². The number of aliphatic imine (C=N–C) groups is 1. The van der Waals surface area contributed by atoms with E-state index in [1.54, 1.807) is 0 Å². The summed E-state index contributed by atoms with van der Waals surface area (Å²) in [5, 5.41) is 6.56. The molecule has 2 aromatic rings. The zero-order valence-electron chi connectivity index (χ0n) is 18.4. The average molecular weight is 550 g/mol. The van der Waals surface area contributed by atoms with Crippen LogP contribution < -0.4 is 20.1 Å². The smallest absolute Gasteiger partial charge is 0.223 e. The molecule has 0 saturated heterocycles. The summed E-state index contributed by atoms with van der Waals surface area (Å²) in [5.74, 6) is 2.40. The number of hydrogen-bond donors (Lipinski definition) is 2. The molecule has 0 aliphatic carbocycles. The van der Waals surface area contributed by atoms with E-state index in [1.807, 2.05) is 42.2 Å². The summed E-state index contributed by atoms with van der Waals surface area (Å²) in [6.07, 6.45) is 2.09. The molecule has 7 nitrogen and oxygen atoms in total. The lowest BCUT2D eigenvalue weighted by molar-refractivity contribution is -0.131. The van der Waals surface area contributed by atoms with Crippen molar-refractivity contribution in [2.75, 3.05) is 31.6 Å². The Morgan fingerprint density at radius 1 is 1.06 bits per heavy atom. The third kappa shape index (κ3) is 6.27. The van der Waals surface area contributed by atoms with Crippen molar-refractivity contribution < 1.29 is 14.3 Å². The van der Waals surface area contributed by atoms with Gasteiger partial charge in [0.05, 0.1) is 13.2 Å². The van der Waals surface area contributed by atoms with Gasteiger partial charge < -0.3 is 25.0 Å². The van der Waals surface area contributed by atoms with Gasteiger partial charge in [-0.05, 0) is 36.6 Å². The van der Waals surface area contributed by atoms with Crippen LogP contribution in [0.1, 0.15) is 37.3 Å². The minimum atomic E-state index is 0. The number of halogens is 1. The summed E-state index contributed by atoms with van der Waals surface area (Å²) in [6.45, 7) is 6.11. The van der Waals surface area contributed by atoms with Crippen LogP contribution in [-0.4, -0.2) is 43.1 Å². The average Bonchev–Trinajstić information content (AvgIpc) is 3.08. The van der Waals surface area contributed by atoms with Crippen molar-refractivity contribution in [2.45, 2.75) is 39.3 Å². The largest absolute Gasteiger partial charge is 0.490 e. The second-order valence-corrected chi connectivity index (χ2v) is 7.72. The quantitative estimate of drug-likeness (QED) is 0.245. The van der Waals surface area contributed by atoms with E-state index in [0.717, 1.165) is 30.2 Å². The first-order chi connectivity index (χ1) is 15.2. The second kappa shape index (κ2) is 11.9. The van der Waals surface area contributed by atoms with Gasteiger partial charge in [-0.25, -0.2) is 0 Å². The van der Waals surface area contributed by atoms with E-state index >= 15 is 0 Å². The van der Waals surface area contributed by atoms with E-state index in [0.29, 0.717) is 51.6 Å². The van der Waals surface area contributed by atoms with Gasteiger partial charge in [0.25, 0.3) is 0 Å². The molecule has 2 aliphatic heterocycles. The third-order valence-electron chi connectivity index (χ3n) is 5.37. The van der Waals surface area contributed by atoms with Crippen molar-refractivity contribution >= 4 is 41.5 Å². The van der Waals surface area contributed by atoms with Crippen molar-refractivity contribution in [2.24, 2.45) is 4.99 Å². The van der Waals surface area contributed by atoms with E-state index in [9.17, 15) is 4.79 Å². The van der Waals surface area contributed by atoms with Crippen LogP contribution in [0, 0.1) is 0 Å². The van der Waals surface area contributed by atoms with Gasteiger partial charge in [0.1, 0.15) is 0 Å². The van der Waals surface area contributed by atoms with Crippen LogP contribution in [-0.2, 0) is 17.9 Å². The van der Waals surface area contributed by atoms with Crippen LogP contribution in [0.4, 0.5) is 5.69 Å². The van der Waals surface area contributed by atoms with Crippen LogP contribution in [0.2, 0.25) is 0 Å². The number of ether oxygens (including phenoxy) is 2. The number of carbonyl (C=O) groups excluding carboxylic acids is 1. The summed E-state index contributed by atoms with van der Waals surface area (Å²) < 4.78 is 11.4. The Labute approximate surface area is 206 Å². The first-order valence-electron chi connectivity index (χ1n) is 11.0. The lowest BCUT2D eigenvalue weighted by atomic mass is 10.1. The van der Waals surface area contributed by atoms with E-state index in [1.165, 1.54) is 11.1 Å². The van der Waals surface area contributed by atoms with Gasteiger partial charge in [0, 0.05) is 50.8 Å². The molecule has 2 aliphatic rings. The Morgan fingerprint density at radius 2 is 1.78 bits per heavy atom. The molecule has 0 aromatic heterocycles. The SMILES string of the molecule is CCNC(=NCCCC(=O)N1Cc2ccccc2C1)Nc1ccc2c(c1)OCCCO2.I. The second-order valence-electron chi connectivity index (χ2n) is 7.72. The maximum absolute atomic E-state index is 12.6.